The fraction of sp³-hybridized carbons (Fsp3) is 0.947. The molecule has 2 atom stereocenters. The summed E-state index contributed by atoms with van der Waals surface area (Å²) in [6.07, 6.45) is 15.3. The fourth-order valence-electron chi connectivity index (χ4n) is 3.10. The van der Waals surface area contributed by atoms with Gasteiger partial charge < -0.3 is 10.8 Å². The van der Waals surface area contributed by atoms with Gasteiger partial charge in [0.25, 0.3) is 0 Å². The van der Waals surface area contributed by atoms with Crippen molar-refractivity contribution in [2.45, 2.75) is 110 Å². The minimum Gasteiger partial charge on any atom is -0.376 e. The maximum atomic E-state index is 12.0. The molecule has 0 aliphatic rings. The quantitative estimate of drug-likeness (QED) is 0.332. The van der Waals surface area contributed by atoms with Gasteiger partial charge in [0, 0.05) is 6.42 Å². The molecular formula is C19H39NO2. The van der Waals surface area contributed by atoms with E-state index in [1.165, 1.54) is 64.7 Å². The molecule has 0 aliphatic heterocycles. The number of unbranched alkanes of at least 4 members (excludes halogenated alkanes) is 10. The van der Waals surface area contributed by atoms with Crippen molar-refractivity contribution in [3.8, 4) is 0 Å². The van der Waals surface area contributed by atoms with E-state index in [1.807, 2.05) is 6.92 Å². The van der Waals surface area contributed by atoms with Gasteiger partial charge in [0.2, 0.25) is 0 Å². The first kappa shape index (κ1) is 21.6. The van der Waals surface area contributed by atoms with Crippen molar-refractivity contribution in [1.29, 1.82) is 0 Å². The van der Waals surface area contributed by atoms with Crippen LogP contribution in [0.25, 0.3) is 0 Å². The molecule has 0 bridgehead atoms. The third kappa shape index (κ3) is 11.2. The summed E-state index contributed by atoms with van der Waals surface area (Å²) in [6, 6.07) is 0. The second-order valence-electron chi connectivity index (χ2n) is 6.94. The Morgan fingerprint density at radius 2 is 1.32 bits per heavy atom. The highest BCUT2D eigenvalue weighted by Crippen LogP contribution is 2.20. The highest BCUT2D eigenvalue weighted by atomic mass is 16.3. The van der Waals surface area contributed by atoms with E-state index in [2.05, 4.69) is 6.92 Å². The molecule has 0 spiro atoms. The number of ketones is 1. The predicted octanol–water partition coefficient (Wildman–Crippen LogP) is 4.95. The smallest absolute Gasteiger partial charge is 0.140 e. The molecule has 0 amide bonds. The Kier molecular flexibility index (Phi) is 12.8. The number of aliphatic hydroxyl groups is 1. The van der Waals surface area contributed by atoms with E-state index >= 15 is 0 Å². The van der Waals surface area contributed by atoms with E-state index in [9.17, 15) is 9.90 Å². The average molecular weight is 314 g/mol. The molecule has 0 rings (SSSR count). The molecule has 0 saturated heterocycles. The highest BCUT2D eigenvalue weighted by molar-refractivity contribution is 5.81. The molecule has 0 saturated carbocycles. The molecule has 0 aliphatic carbocycles. The van der Waals surface area contributed by atoms with Crippen molar-refractivity contribution in [2.24, 2.45) is 11.7 Å². The fourth-order valence-corrected chi connectivity index (χ4v) is 3.10. The van der Waals surface area contributed by atoms with E-state index in [0.29, 0.717) is 12.8 Å². The van der Waals surface area contributed by atoms with Gasteiger partial charge in [-0.3, -0.25) is 4.79 Å². The maximum absolute atomic E-state index is 12.0. The van der Waals surface area contributed by atoms with Gasteiger partial charge in [-0.05, 0) is 19.8 Å². The lowest BCUT2D eigenvalue weighted by atomic mass is 9.88. The van der Waals surface area contributed by atoms with Gasteiger partial charge in [-0.25, -0.2) is 0 Å². The SMILES string of the molecule is CCCCCCCCCCCCCC(=O)C(CC)C(C)(N)O. The van der Waals surface area contributed by atoms with Crippen LogP contribution in [0.5, 0.6) is 0 Å². The van der Waals surface area contributed by atoms with Crippen molar-refractivity contribution < 1.29 is 9.90 Å². The Bertz CT molecular complexity index is 271. The third-order valence-electron chi connectivity index (χ3n) is 4.53. The molecule has 0 radical (unpaired) electrons. The summed E-state index contributed by atoms with van der Waals surface area (Å²) in [6.45, 7) is 5.69. The predicted molar refractivity (Wildman–Crippen MR) is 94.7 cm³/mol. The lowest BCUT2D eigenvalue weighted by Crippen LogP contribution is -2.47. The second-order valence-corrected chi connectivity index (χ2v) is 6.94. The lowest BCUT2D eigenvalue weighted by molar-refractivity contribution is -0.131. The molecule has 3 N–H and O–H groups in total. The first-order valence-electron chi connectivity index (χ1n) is 9.47. The van der Waals surface area contributed by atoms with E-state index in [-0.39, 0.29) is 5.78 Å². The molecule has 22 heavy (non-hydrogen) atoms. The zero-order valence-electron chi connectivity index (χ0n) is 15.2. The number of carbonyl (C=O) groups is 1. The molecule has 0 heterocycles. The summed E-state index contributed by atoms with van der Waals surface area (Å²) in [5, 5.41) is 9.78. The topological polar surface area (TPSA) is 63.3 Å². The van der Waals surface area contributed by atoms with Gasteiger partial charge in [-0.15, -0.1) is 0 Å². The summed E-state index contributed by atoms with van der Waals surface area (Å²) in [7, 11) is 0. The zero-order chi connectivity index (χ0) is 16.8. The average Bonchev–Trinajstić information content (AvgIpc) is 2.44. The van der Waals surface area contributed by atoms with Crippen molar-refractivity contribution in [2.75, 3.05) is 0 Å². The number of hydrogen-bond acceptors (Lipinski definition) is 3. The van der Waals surface area contributed by atoms with Crippen LogP contribution in [-0.2, 0) is 4.79 Å². The van der Waals surface area contributed by atoms with Crippen LogP contribution in [0.3, 0.4) is 0 Å². The van der Waals surface area contributed by atoms with Gasteiger partial charge in [-0.1, -0.05) is 78.1 Å². The Hall–Kier alpha value is -0.410. The van der Waals surface area contributed by atoms with Gasteiger partial charge >= 0.3 is 0 Å². The molecule has 132 valence electrons. The van der Waals surface area contributed by atoms with Gasteiger partial charge in [-0.2, -0.15) is 0 Å². The normalized spacial score (nSPS) is 15.5. The standard InChI is InChI=1S/C19H39NO2/c1-4-6-7-8-9-10-11-12-13-14-15-16-18(21)17(5-2)19(3,20)22/h17,22H,4-16,20H2,1-3H3. The van der Waals surface area contributed by atoms with Crippen LogP contribution in [0.1, 0.15) is 104 Å². The molecule has 0 aromatic heterocycles. The van der Waals surface area contributed by atoms with Crippen molar-refractivity contribution in [3.63, 3.8) is 0 Å². The Balaban J connectivity index is 3.48. The van der Waals surface area contributed by atoms with Crippen molar-refractivity contribution >= 4 is 5.78 Å². The van der Waals surface area contributed by atoms with Crippen LogP contribution in [0, 0.1) is 5.92 Å². The third-order valence-corrected chi connectivity index (χ3v) is 4.53. The lowest BCUT2D eigenvalue weighted by Gasteiger charge is -2.26. The Morgan fingerprint density at radius 3 is 1.68 bits per heavy atom. The summed E-state index contributed by atoms with van der Waals surface area (Å²) in [4.78, 5) is 12.0. The van der Waals surface area contributed by atoms with Crippen LogP contribution in [0.4, 0.5) is 0 Å². The first-order valence-corrected chi connectivity index (χ1v) is 9.47. The number of Topliss-reactive ketones (excluding diaryl/α,β-unsaturated/α-hetero) is 1. The Morgan fingerprint density at radius 1 is 0.909 bits per heavy atom. The summed E-state index contributed by atoms with van der Waals surface area (Å²) in [5.74, 6) is -0.304. The Labute approximate surface area is 138 Å². The van der Waals surface area contributed by atoms with E-state index in [1.54, 1.807) is 0 Å². The summed E-state index contributed by atoms with van der Waals surface area (Å²) < 4.78 is 0. The van der Waals surface area contributed by atoms with Gasteiger partial charge in [0.05, 0.1) is 5.92 Å². The molecule has 0 aromatic rings. The van der Waals surface area contributed by atoms with Crippen LogP contribution in [-0.4, -0.2) is 16.6 Å². The van der Waals surface area contributed by atoms with Crippen LogP contribution in [0.15, 0.2) is 0 Å². The van der Waals surface area contributed by atoms with Gasteiger partial charge in [0.15, 0.2) is 0 Å². The summed E-state index contributed by atoms with van der Waals surface area (Å²) >= 11 is 0. The van der Waals surface area contributed by atoms with Crippen LogP contribution < -0.4 is 5.73 Å². The number of nitrogens with two attached hydrogens (primary N) is 1. The first-order chi connectivity index (χ1) is 10.4. The molecule has 0 fully saturated rings. The maximum Gasteiger partial charge on any atom is 0.140 e. The largest absolute Gasteiger partial charge is 0.376 e. The van der Waals surface area contributed by atoms with E-state index in [0.717, 1.165) is 12.8 Å². The van der Waals surface area contributed by atoms with Crippen LogP contribution >= 0.6 is 0 Å². The minimum absolute atomic E-state index is 0.117. The minimum atomic E-state index is -1.37. The molecule has 2 unspecified atom stereocenters. The second kappa shape index (κ2) is 13.1. The summed E-state index contributed by atoms with van der Waals surface area (Å²) in [5.41, 5.74) is 4.28. The monoisotopic (exact) mass is 313 g/mol. The van der Waals surface area contributed by atoms with E-state index < -0.39 is 11.6 Å². The number of rotatable bonds is 15. The molecule has 3 heteroatoms. The number of hydrogen-bond donors (Lipinski definition) is 2. The zero-order valence-corrected chi connectivity index (χ0v) is 15.2. The molecule has 3 nitrogen and oxygen atoms in total. The number of carbonyl (C=O) groups excluding carboxylic acids is 1. The van der Waals surface area contributed by atoms with E-state index in [4.69, 9.17) is 5.73 Å². The molecular weight excluding hydrogens is 274 g/mol. The highest BCUT2D eigenvalue weighted by Gasteiger charge is 2.31. The van der Waals surface area contributed by atoms with Crippen molar-refractivity contribution in [3.05, 3.63) is 0 Å². The van der Waals surface area contributed by atoms with Crippen LogP contribution in [0.2, 0.25) is 0 Å². The van der Waals surface area contributed by atoms with Crippen molar-refractivity contribution in [1.82, 2.24) is 0 Å². The van der Waals surface area contributed by atoms with Gasteiger partial charge in [0.1, 0.15) is 11.5 Å². The molecule has 0 aromatic carbocycles.